The molecule has 1 fully saturated rings. The normalized spacial score (nSPS) is 14.9. The minimum absolute atomic E-state index is 0.00832. The lowest BCUT2D eigenvalue weighted by Gasteiger charge is -2.35. The maximum atomic E-state index is 12.6. The number of amides is 1. The number of phenolic OH excluding ortho intramolecular Hbond substituents is 1. The van der Waals surface area contributed by atoms with E-state index in [1.807, 2.05) is 28.6 Å². The van der Waals surface area contributed by atoms with Crippen LogP contribution >= 0.6 is 0 Å². The zero-order chi connectivity index (χ0) is 17.4. The van der Waals surface area contributed by atoms with Crippen LogP contribution in [-0.4, -0.2) is 56.7 Å². The molecule has 0 bridgehead atoms. The van der Waals surface area contributed by atoms with Crippen molar-refractivity contribution in [2.45, 2.75) is 6.92 Å². The smallest absolute Gasteiger partial charge is 0.253 e. The summed E-state index contributed by atoms with van der Waals surface area (Å²) in [7, 11) is 0. The second kappa shape index (κ2) is 6.08. The molecule has 7 heteroatoms. The van der Waals surface area contributed by atoms with Gasteiger partial charge in [-0.3, -0.25) is 4.79 Å². The predicted octanol–water partition coefficient (Wildman–Crippen LogP) is 1.71. The molecule has 3 aromatic rings. The molecule has 0 aliphatic carbocycles. The lowest BCUT2D eigenvalue weighted by Crippen LogP contribution is -2.49. The van der Waals surface area contributed by atoms with Crippen LogP contribution in [0.4, 0.5) is 5.82 Å². The average molecular weight is 337 g/mol. The molecule has 1 saturated heterocycles. The molecule has 1 aromatic carbocycles. The Bertz CT molecular complexity index is 911. The van der Waals surface area contributed by atoms with Crippen LogP contribution in [0.2, 0.25) is 0 Å². The number of carbonyl (C=O) groups is 1. The van der Waals surface area contributed by atoms with Gasteiger partial charge in [-0.15, -0.1) is 0 Å². The summed E-state index contributed by atoms with van der Waals surface area (Å²) < 4.78 is 1.84. The van der Waals surface area contributed by atoms with Crippen molar-refractivity contribution < 1.29 is 9.90 Å². The van der Waals surface area contributed by atoms with Gasteiger partial charge in [0.05, 0.1) is 5.69 Å². The Morgan fingerprint density at radius 1 is 1.12 bits per heavy atom. The molecule has 0 saturated carbocycles. The average Bonchev–Trinajstić information content (AvgIpc) is 3.02. The summed E-state index contributed by atoms with van der Waals surface area (Å²) in [6.07, 6.45) is 3.60. The number of aryl methyl sites for hydroxylation is 1. The molecule has 0 spiro atoms. The van der Waals surface area contributed by atoms with Crippen molar-refractivity contribution in [2.75, 3.05) is 31.1 Å². The molecule has 25 heavy (non-hydrogen) atoms. The molecule has 0 atom stereocenters. The number of phenols is 1. The fourth-order valence-electron chi connectivity index (χ4n) is 3.18. The molecular formula is C18H19N5O2. The van der Waals surface area contributed by atoms with Crippen molar-refractivity contribution in [1.29, 1.82) is 0 Å². The van der Waals surface area contributed by atoms with Gasteiger partial charge < -0.3 is 14.9 Å². The van der Waals surface area contributed by atoms with Crippen molar-refractivity contribution in [3.8, 4) is 5.75 Å². The number of aromatic nitrogens is 3. The summed E-state index contributed by atoms with van der Waals surface area (Å²) in [5, 5.41) is 13.8. The molecular weight excluding hydrogens is 318 g/mol. The van der Waals surface area contributed by atoms with Crippen LogP contribution in [0.5, 0.6) is 5.75 Å². The summed E-state index contributed by atoms with van der Waals surface area (Å²) in [5.74, 6) is 1.06. The number of rotatable bonds is 2. The number of nitrogens with zero attached hydrogens (tertiary/aromatic N) is 5. The Labute approximate surface area is 145 Å². The van der Waals surface area contributed by atoms with Gasteiger partial charge in [0.1, 0.15) is 11.3 Å². The number of hydrogen-bond acceptors (Lipinski definition) is 5. The number of hydrogen-bond donors (Lipinski definition) is 1. The summed E-state index contributed by atoms with van der Waals surface area (Å²) in [4.78, 5) is 21.1. The molecule has 128 valence electrons. The quantitative estimate of drug-likeness (QED) is 0.770. The Hall–Kier alpha value is -3.09. The number of aromatic hydroxyl groups is 1. The summed E-state index contributed by atoms with van der Waals surface area (Å²) in [5.41, 5.74) is 2.53. The van der Waals surface area contributed by atoms with E-state index in [4.69, 9.17) is 0 Å². The molecule has 1 aliphatic heterocycles. The first-order valence-corrected chi connectivity index (χ1v) is 8.26. The van der Waals surface area contributed by atoms with Crippen molar-refractivity contribution in [3.63, 3.8) is 0 Å². The van der Waals surface area contributed by atoms with Crippen LogP contribution < -0.4 is 4.90 Å². The maximum absolute atomic E-state index is 12.6. The van der Waals surface area contributed by atoms with E-state index in [0.29, 0.717) is 18.7 Å². The number of piperazine rings is 1. The minimum Gasteiger partial charge on any atom is -0.508 e. The fourth-order valence-corrected chi connectivity index (χ4v) is 3.18. The molecule has 1 N–H and O–H groups in total. The van der Waals surface area contributed by atoms with Gasteiger partial charge >= 0.3 is 0 Å². The maximum Gasteiger partial charge on any atom is 0.253 e. The first-order valence-electron chi connectivity index (χ1n) is 8.26. The van der Waals surface area contributed by atoms with Crippen molar-refractivity contribution in [3.05, 3.63) is 54.0 Å². The molecule has 0 radical (unpaired) electrons. The predicted molar refractivity (Wildman–Crippen MR) is 93.9 cm³/mol. The Balaban J connectivity index is 1.49. The lowest BCUT2D eigenvalue weighted by atomic mass is 10.1. The van der Waals surface area contributed by atoms with E-state index in [0.717, 1.165) is 30.1 Å². The zero-order valence-corrected chi connectivity index (χ0v) is 14.0. The number of fused-ring (bicyclic) bond motifs is 1. The van der Waals surface area contributed by atoms with Gasteiger partial charge in [-0.1, -0.05) is 0 Å². The van der Waals surface area contributed by atoms with E-state index in [1.165, 1.54) is 12.1 Å². The highest BCUT2D eigenvalue weighted by Crippen LogP contribution is 2.21. The van der Waals surface area contributed by atoms with E-state index in [9.17, 15) is 9.90 Å². The summed E-state index contributed by atoms with van der Waals surface area (Å²) >= 11 is 0. The molecule has 1 amide bonds. The minimum atomic E-state index is -0.00832. The molecule has 1 aliphatic rings. The fraction of sp³-hybridized carbons (Fsp3) is 0.278. The SMILES string of the molecule is Cc1cc2c(N3CCN(C(=O)c4ccc(O)cc4)CC3)nccn2n1. The van der Waals surface area contributed by atoms with Gasteiger partial charge in [0, 0.05) is 44.1 Å². The Morgan fingerprint density at radius 3 is 2.56 bits per heavy atom. The third-order valence-electron chi connectivity index (χ3n) is 4.47. The van der Waals surface area contributed by atoms with Crippen molar-refractivity contribution >= 4 is 17.2 Å². The van der Waals surface area contributed by atoms with Crippen molar-refractivity contribution in [1.82, 2.24) is 19.5 Å². The Kier molecular flexibility index (Phi) is 3.76. The van der Waals surface area contributed by atoms with Gasteiger partial charge in [0.25, 0.3) is 5.91 Å². The number of anilines is 1. The van der Waals surface area contributed by atoms with E-state index in [2.05, 4.69) is 15.0 Å². The zero-order valence-electron chi connectivity index (χ0n) is 14.0. The summed E-state index contributed by atoms with van der Waals surface area (Å²) in [6.45, 7) is 4.68. The highest BCUT2D eigenvalue weighted by molar-refractivity contribution is 5.94. The topological polar surface area (TPSA) is 74.0 Å². The van der Waals surface area contributed by atoms with Gasteiger partial charge in [-0.2, -0.15) is 5.10 Å². The van der Waals surface area contributed by atoms with Crippen LogP contribution in [-0.2, 0) is 0 Å². The molecule has 0 unspecified atom stereocenters. The third-order valence-corrected chi connectivity index (χ3v) is 4.47. The Morgan fingerprint density at radius 2 is 1.84 bits per heavy atom. The highest BCUT2D eigenvalue weighted by atomic mass is 16.3. The van der Waals surface area contributed by atoms with Crippen LogP contribution in [0.25, 0.3) is 5.52 Å². The number of benzene rings is 1. The van der Waals surface area contributed by atoms with Crippen molar-refractivity contribution in [2.24, 2.45) is 0 Å². The van der Waals surface area contributed by atoms with Crippen LogP contribution in [0.1, 0.15) is 16.1 Å². The lowest BCUT2D eigenvalue weighted by molar-refractivity contribution is 0.0746. The highest BCUT2D eigenvalue weighted by Gasteiger charge is 2.24. The van der Waals surface area contributed by atoms with E-state index < -0.39 is 0 Å². The van der Waals surface area contributed by atoms with Crippen LogP contribution in [0, 0.1) is 6.92 Å². The van der Waals surface area contributed by atoms with Gasteiger partial charge in [0.2, 0.25) is 0 Å². The standard InChI is InChI=1S/C18H19N5O2/c1-13-12-16-17(19-6-7-23(16)20-13)21-8-10-22(11-9-21)18(25)14-2-4-15(24)5-3-14/h2-7,12,24H,8-11H2,1H3. The molecule has 4 rings (SSSR count). The van der Waals surface area contributed by atoms with E-state index in [1.54, 1.807) is 18.3 Å². The van der Waals surface area contributed by atoms with Crippen LogP contribution in [0.3, 0.4) is 0 Å². The largest absolute Gasteiger partial charge is 0.508 e. The molecule has 3 heterocycles. The molecule has 7 nitrogen and oxygen atoms in total. The first-order chi connectivity index (χ1) is 12.1. The van der Waals surface area contributed by atoms with E-state index in [-0.39, 0.29) is 11.7 Å². The van der Waals surface area contributed by atoms with Gasteiger partial charge in [-0.05, 0) is 37.3 Å². The van der Waals surface area contributed by atoms with Gasteiger partial charge in [-0.25, -0.2) is 9.50 Å². The van der Waals surface area contributed by atoms with Crippen LogP contribution in [0.15, 0.2) is 42.7 Å². The van der Waals surface area contributed by atoms with E-state index >= 15 is 0 Å². The second-order valence-corrected chi connectivity index (χ2v) is 6.19. The third kappa shape index (κ3) is 2.88. The van der Waals surface area contributed by atoms with Gasteiger partial charge in [0.15, 0.2) is 5.82 Å². The monoisotopic (exact) mass is 337 g/mol. The molecule has 2 aromatic heterocycles. The first kappa shape index (κ1) is 15.4. The second-order valence-electron chi connectivity index (χ2n) is 6.19. The summed E-state index contributed by atoms with van der Waals surface area (Å²) in [6, 6.07) is 8.41. The number of carbonyl (C=O) groups excluding carboxylic acids is 1.